The SMILES string of the molecule is O=C(CN1CCC(NC(=O)c2ccnc3ccccc23)CC1)Nc1ccccc1. The summed E-state index contributed by atoms with van der Waals surface area (Å²) < 4.78 is 0. The molecule has 4 rings (SSSR count). The third-order valence-electron chi connectivity index (χ3n) is 5.24. The Bertz CT molecular complexity index is 993. The van der Waals surface area contributed by atoms with Crippen LogP contribution in [0.3, 0.4) is 0 Å². The number of pyridine rings is 1. The van der Waals surface area contributed by atoms with Crippen LogP contribution in [-0.4, -0.2) is 47.4 Å². The number of carbonyl (C=O) groups is 2. The summed E-state index contributed by atoms with van der Waals surface area (Å²) in [7, 11) is 0. The maximum Gasteiger partial charge on any atom is 0.252 e. The van der Waals surface area contributed by atoms with E-state index in [0.29, 0.717) is 12.1 Å². The van der Waals surface area contributed by atoms with E-state index in [-0.39, 0.29) is 17.9 Å². The lowest BCUT2D eigenvalue weighted by Crippen LogP contribution is -2.46. The van der Waals surface area contributed by atoms with Crippen LogP contribution in [-0.2, 0) is 4.79 Å². The molecule has 0 spiro atoms. The van der Waals surface area contributed by atoms with E-state index in [0.717, 1.165) is 42.5 Å². The zero-order valence-corrected chi connectivity index (χ0v) is 16.2. The molecule has 6 nitrogen and oxygen atoms in total. The lowest BCUT2D eigenvalue weighted by molar-refractivity contribution is -0.117. The van der Waals surface area contributed by atoms with Crippen molar-refractivity contribution in [2.45, 2.75) is 18.9 Å². The van der Waals surface area contributed by atoms with Gasteiger partial charge in [-0.1, -0.05) is 36.4 Å². The fourth-order valence-corrected chi connectivity index (χ4v) is 3.72. The first-order valence-electron chi connectivity index (χ1n) is 9.91. The number of nitrogens with one attached hydrogen (secondary N) is 2. The summed E-state index contributed by atoms with van der Waals surface area (Å²) in [5.41, 5.74) is 2.28. The lowest BCUT2D eigenvalue weighted by Gasteiger charge is -2.31. The van der Waals surface area contributed by atoms with Gasteiger partial charge in [0, 0.05) is 36.4 Å². The van der Waals surface area contributed by atoms with Gasteiger partial charge in [0.05, 0.1) is 17.6 Å². The van der Waals surface area contributed by atoms with Gasteiger partial charge in [-0.25, -0.2) is 0 Å². The summed E-state index contributed by atoms with van der Waals surface area (Å²) in [5, 5.41) is 6.93. The van der Waals surface area contributed by atoms with Crippen molar-refractivity contribution in [3.05, 3.63) is 72.4 Å². The summed E-state index contributed by atoms with van der Waals surface area (Å²) >= 11 is 0. The van der Waals surface area contributed by atoms with Gasteiger partial charge in [-0.3, -0.25) is 19.5 Å². The molecule has 1 aliphatic rings. The first-order valence-corrected chi connectivity index (χ1v) is 9.91. The Hall–Kier alpha value is -3.25. The number of nitrogens with zero attached hydrogens (tertiary/aromatic N) is 2. The van der Waals surface area contributed by atoms with Crippen LogP contribution >= 0.6 is 0 Å². The van der Waals surface area contributed by atoms with E-state index in [9.17, 15) is 9.59 Å². The van der Waals surface area contributed by atoms with Crippen LogP contribution in [0.15, 0.2) is 66.9 Å². The van der Waals surface area contributed by atoms with E-state index >= 15 is 0 Å². The van der Waals surface area contributed by atoms with Crippen molar-refractivity contribution in [2.75, 3.05) is 25.0 Å². The summed E-state index contributed by atoms with van der Waals surface area (Å²) in [4.78, 5) is 31.4. The van der Waals surface area contributed by atoms with E-state index in [4.69, 9.17) is 0 Å². The molecule has 1 saturated heterocycles. The number of likely N-dealkylation sites (tertiary alicyclic amines) is 1. The third-order valence-corrected chi connectivity index (χ3v) is 5.24. The quantitative estimate of drug-likeness (QED) is 0.704. The van der Waals surface area contributed by atoms with Gasteiger partial charge in [0.25, 0.3) is 5.91 Å². The Morgan fingerprint density at radius 2 is 1.69 bits per heavy atom. The van der Waals surface area contributed by atoms with E-state index in [1.165, 1.54) is 0 Å². The number of aromatic nitrogens is 1. The van der Waals surface area contributed by atoms with Crippen LogP contribution in [0.25, 0.3) is 10.9 Å². The molecular weight excluding hydrogens is 364 g/mol. The minimum absolute atomic E-state index is 0.0121. The molecule has 1 aromatic heterocycles. The predicted octanol–water partition coefficient (Wildman–Crippen LogP) is 3.07. The molecule has 0 atom stereocenters. The largest absolute Gasteiger partial charge is 0.349 e. The molecule has 0 bridgehead atoms. The summed E-state index contributed by atoms with van der Waals surface area (Å²) in [6.45, 7) is 1.93. The summed E-state index contributed by atoms with van der Waals surface area (Å²) in [5.74, 6) is -0.0780. The van der Waals surface area contributed by atoms with Crippen molar-refractivity contribution in [2.24, 2.45) is 0 Å². The van der Waals surface area contributed by atoms with Crippen molar-refractivity contribution in [3.63, 3.8) is 0 Å². The van der Waals surface area contributed by atoms with Crippen molar-refractivity contribution in [1.29, 1.82) is 0 Å². The van der Waals surface area contributed by atoms with Crippen LogP contribution in [0.1, 0.15) is 23.2 Å². The number of amides is 2. The lowest BCUT2D eigenvalue weighted by atomic mass is 10.0. The molecule has 0 radical (unpaired) electrons. The molecule has 1 fully saturated rings. The number of piperidine rings is 1. The highest BCUT2D eigenvalue weighted by atomic mass is 16.2. The Kier molecular flexibility index (Phi) is 5.81. The van der Waals surface area contributed by atoms with Gasteiger partial charge in [-0.05, 0) is 37.1 Å². The highest BCUT2D eigenvalue weighted by Gasteiger charge is 2.23. The number of benzene rings is 2. The van der Waals surface area contributed by atoms with Gasteiger partial charge >= 0.3 is 0 Å². The van der Waals surface area contributed by atoms with Crippen LogP contribution in [0.5, 0.6) is 0 Å². The van der Waals surface area contributed by atoms with Crippen LogP contribution < -0.4 is 10.6 Å². The molecule has 6 heteroatoms. The molecule has 0 aliphatic carbocycles. The molecule has 148 valence electrons. The van der Waals surface area contributed by atoms with Gasteiger partial charge in [-0.15, -0.1) is 0 Å². The average Bonchev–Trinajstić information content (AvgIpc) is 2.75. The van der Waals surface area contributed by atoms with Gasteiger partial charge in [0.1, 0.15) is 0 Å². The Morgan fingerprint density at radius 1 is 0.966 bits per heavy atom. The fourth-order valence-electron chi connectivity index (χ4n) is 3.72. The van der Waals surface area contributed by atoms with Gasteiger partial charge in [0.2, 0.25) is 5.91 Å². The number of fused-ring (bicyclic) bond motifs is 1. The maximum atomic E-state index is 12.8. The number of para-hydroxylation sites is 2. The number of hydrogen-bond acceptors (Lipinski definition) is 4. The van der Waals surface area contributed by atoms with Crippen molar-refractivity contribution < 1.29 is 9.59 Å². The zero-order valence-electron chi connectivity index (χ0n) is 16.2. The second-order valence-electron chi connectivity index (χ2n) is 7.31. The number of anilines is 1. The average molecular weight is 388 g/mol. The molecule has 3 aromatic rings. The van der Waals surface area contributed by atoms with Gasteiger partial charge in [-0.2, -0.15) is 0 Å². The monoisotopic (exact) mass is 388 g/mol. The Morgan fingerprint density at radius 3 is 2.48 bits per heavy atom. The minimum atomic E-state index is -0.0659. The fraction of sp³-hybridized carbons (Fsp3) is 0.261. The van der Waals surface area contributed by atoms with Crippen LogP contribution in [0, 0.1) is 0 Å². The van der Waals surface area contributed by atoms with Crippen molar-refractivity contribution in [3.8, 4) is 0 Å². The molecule has 2 aromatic carbocycles. The molecule has 1 aliphatic heterocycles. The van der Waals surface area contributed by atoms with E-state index in [1.54, 1.807) is 12.3 Å². The van der Waals surface area contributed by atoms with E-state index in [2.05, 4.69) is 20.5 Å². The second kappa shape index (κ2) is 8.84. The minimum Gasteiger partial charge on any atom is -0.349 e. The zero-order chi connectivity index (χ0) is 20.1. The highest BCUT2D eigenvalue weighted by molar-refractivity contribution is 6.06. The molecule has 0 unspecified atom stereocenters. The number of carbonyl (C=O) groups excluding carboxylic acids is 2. The molecule has 2 amide bonds. The number of rotatable bonds is 5. The van der Waals surface area contributed by atoms with E-state index in [1.807, 2.05) is 54.6 Å². The van der Waals surface area contributed by atoms with Crippen LogP contribution in [0.2, 0.25) is 0 Å². The highest BCUT2D eigenvalue weighted by Crippen LogP contribution is 2.17. The van der Waals surface area contributed by atoms with Crippen LogP contribution in [0.4, 0.5) is 5.69 Å². The summed E-state index contributed by atoms with van der Waals surface area (Å²) in [6, 6.07) is 19.0. The topological polar surface area (TPSA) is 74.3 Å². The van der Waals surface area contributed by atoms with Crippen molar-refractivity contribution in [1.82, 2.24) is 15.2 Å². The van der Waals surface area contributed by atoms with Gasteiger partial charge < -0.3 is 10.6 Å². The first-order chi connectivity index (χ1) is 14.2. The molecule has 2 heterocycles. The smallest absolute Gasteiger partial charge is 0.252 e. The third kappa shape index (κ3) is 4.78. The van der Waals surface area contributed by atoms with E-state index < -0.39 is 0 Å². The first kappa shape index (κ1) is 19.1. The normalized spacial score (nSPS) is 15.2. The number of hydrogen-bond donors (Lipinski definition) is 2. The summed E-state index contributed by atoms with van der Waals surface area (Å²) in [6.07, 6.45) is 3.33. The molecule has 0 saturated carbocycles. The van der Waals surface area contributed by atoms with Crippen molar-refractivity contribution >= 4 is 28.4 Å². The Labute approximate surface area is 169 Å². The predicted molar refractivity (Wildman–Crippen MR) is 114 cm³/mol. The molecule has 2 N–H and O–H groups in total. The maximum absolute atomic E-state index is 12.8. The standard InChI is InChI=1S/C23H24N4O2/c28-22(25-17-6-2-1-3-7-17)16-27-14-11-18(12-15-27)26-23(29)20-10-13-24-21-9-5-4-8-19(20)21/h1-10,13,18H,11-12,14-16H2,(H,25,28)(H,26,29). The Balaban J connectivity index is 1.28. The van der Waals surface area contributed by atoms with Gasteiger partial charge in [0.15, 0.2) is 0 Å². The molecular formula is C23H24N4O2. The molecule has 29 heavy (non-hydrogen) atoms. The second-order valence-corrected chi connectivity index (χ2v) is 7.31.